The van der Waals surface area contributed by atoms with E-state index in [0.29, 0.717) is 17.1 Å². The zero-order chi connectivity index (χ0) is 16.2. The molecule has 1 amide bonds. The lowest BCUT2D eigenvalue weighted by Gasteiger charge is -2.23. The molecule has 0 aliphatic heterocycles. The maximum atomic E-state index is 13.1. The van der Waals surface area contributed by atoms with E-state index in [0.717, 1.165) is 16.1 Å². The largest absolute Gasteiger partial charge is 0.303 e. The number of thiophene rings is 1. The Hall–Kier alpha value is -2.10. The number of anilines is 1. The quantitative estimate of drug-likeness (QED) is 0.608. The van der Waals surface area contributed by atoms with Crippen LogP contribution in [0.3, 0.4) is 0 Å². The molecule has 0 atom stereocenters. The van der Waals surface area contributed by atoms with Crippen molar-refractivity contribution in [3.8, 4) is 0 Å². The van der Waals surface area contributed by atoms with E-state index in [-0.39, 0.29) is 5.91 Å². The van der Waals surface area contributed by atoms with Crippen LogP contribution in [0.4, 0.5) is 5.69 Å². The number of rotatable bonds is 4. The standard InChI is InChI=1S/C19H16ClNOS/c1-14-6-2-3-10-18(14)19(22)21(13-17-9-5-11-23-17)16-8-4-7-15(20)12-16/h2-12H,13H2,1H3. The Labute approximate surface area is 145 Å². The van der Waals surface area contributed by atoms with Gasteiger partial charge in [0.25, 0.3) is 5.91 Å². The summed E-state index contributed by atoms with van der Waals surface area (Å²) in [6.45, 7) is 2.49. The lowest BCUT2D eigenvalue weighted by atomic mass is 10.1. The molecule has 0 spiro atoms. The molecule has 0 fully saturated rings. The predicted molar refractivity (Wildman–Crippen MR) is 97.5 cm³/mol. The molecule has 0 bridgehead atoms. The van der Waals surface area contributed by atoms with Gasteiger partial charge < -0.3 is 4.90 Å². The first-order valence-electron chi connectivity index (χ1n) is 7.30. The maximum absolute atomic E-state index is 13.1. The minimum absolute atomic E-state index is 0.0150. The second-order valence-electron chi connectivity index (χ2n) is 5.27. The van der Waals surface area contributed by atoms with E-state index in [9.17, 15) is 4.79 Å². The first kappa shape index (κ1) is 15.8. The molecule has 4 heteroatoms. The molecule has 0 saturated carbocycles. The number of carbonyl (C=O) groups is 1. The molecule has 0 N–H and O–H groups in total. The third-order valence-corrected chi connectivity index (χ3v) is 4.73. The van der Waals surface area contributed by atoms with Crippen molar-refractivity contribution in [3.05, 3.63) is 87.1 Å². The number of hydrogen-bond donors (Lipinski definition) is 0. The fourth-order valence-corrected chi connectivity index (χ4v) is 3.32. The Balaban J connectivity index is 2.01. The number of hydrogen-bond acceptors (Lipinski definition) is 2. The third-order valence-electron chi connectivity index (χ3n) is 3.63. The molecule has 3 aromatic rings. The summed E-state index contributed by atoms with van der Waals surface area (Å²) in [5.41, 5.74) is 2.49. The van der Waals surface area contributed by atoms with Crippen molar-refractivity contribution in [3.63, 3.8) is 0 Å². The first-order valence-corrected chi connectivity index (χ1v) is 8.56. The van der Waals surface area contributed by atoms with Crippen LogP contribution < -0.4 is 4.90 Å². The lowest BCUT2D eigenvalue weighted by molar-refractivity contribution is 0.0985. The summed E-state index contributed by atoms with van der Waals surface area (Å²) >= 11 is 7.76. The fourth-order valence-electron chi connectivity index (χ4n) is 2.44. The molecule has 116 valence electrons. The summed E-state index contributed by atoms with van der Waals surface area (Å²) in [6.07, 6.45) is 0. The van der Waals surface area contributed by atoms with Crippen LogP contribution in [0.25, 0.3) is 0 Å². The maximum Gasteiger partial charge on any atom is 0.258 e. The van der Waals surface area contributed by atoms with Gasteiger partial charge in [0.15, 0.2) is 0 Å². The minimum Gasteiger partial charge on any atom is -0.303 e. The lowest BCUT2D eigenvalue weighted by Crippen LogP contribution is -2.30. The van der Waals surface area contributed by atoms with Crippen LogP contribution in [0, 0.1) is 6.92 Å². The van der Waals surface area contributed by atoms with E-state index >= 15 is 0 Å². The highest BCUT2D eigenvalue weighted by Crippen LogP contribution is 2.25. The molecule has 3 rings (SSSR count). The van der Waals surface area contributed by atoms with Crippen LogP contribution in [-0.2, 0) is 6.54 Å². The molecule has 2 nitrogen and oxygen atoms in total. The molecule has 23 heavy (non-hydrogen) atoms. The smallest absolute Gasteiger partial charge is 0.258 e. The Morgan fingerprint density at radius 1 is 1.09 bits per heavy atom. The van der Waals surface area contributed by atoms with Crippen molar-refractivity contribution in [1.82, 2.24) is 0 Å². The zero-order valence-corrected chi connectivity index (χ0v) is 14.3. The van der Waals surface area contributed by atoms with E-state index in [2.05, 4.69) is 0 Å². The SMILES string of the molecule is Cc1ccccc1C(=O)N(Cc1cccs1)c1cccc(Cl)c1. The molecule has 1 aromatic heterocycles. The molecule has 0 unspecified atom stereocenters. The highest BCUT2D eigenvalue weighted by molar-refractivity contribution is 7.09. The van der Waals surface area contributed by atoms with Gasteiger partial charge in [-0.3, -0.25) is 4.79 Å². The van der Waals surface area contributed by atoms with Crippen LogP contribution in [0.2, 0.25) is 5.02 Å². The summed E-state index contributed by atoms with van der Waals surface area (Å²) in [4.78, 5) is 16.0. The van der Waals surface area contributed by atoms with Gasteiger partial charge in [0.1, 0.15) is 0 Å². The van der Waals surface area contributed by atoms with Crippen molar-refractivity contribution in [2.75, 3.05) is 4.90 Å². The number of amides is 1. The summed E-state index contributed by atoms with van der Waals surface area (Å²) < 4.78 is 0. The van der Waals surface area contributed by atoms with E-state index in [1.54, 1.807) is 16.2 Å². The van der Waals surface area contributed by atoms with Gasteiger partial charge >= 0.3 is 0 Å². The number of nitrogens with zero attached hydrogens (tertiary/aromatic N) is 1. The van der Waals surface area contributed by atoms with Gasteiger partial charge in [-0.2, -0.15) is 0 Å². The van der Waals surface area contributed by atoms with E-state index in [1.807, 2.05) is 73.0 Å². The second kappa shape index (κ2) is 6.99. The van der Waals surface area contributed by atoms with E-state index < -0.39 is 0 Å². The Kier molecular flexibility index (Phi) is 4.79. The van der Waals surface area contributed by atoms with Gasteiger partial charge in [-0.25, -0.2) is 0 Å². The Bertz CT molecular complexity index is 814. The van der Waals surface area contributed by atoms with Crippen LogP contribution in [0.15, 0.2) is 66.0 Å². The fraction of sp³-hybridized carbons (Fsp3) is 0.105. The van der Waals surface area contributed by atoms with Gasteiger partial charge in [-0.15, -0.1) is 11.3 Å². The van der Waals surface area contributed by atoms with Crippen LogP contribution >= 0.6 is 22.9 Å². The number of benzene rings is 2. The number of aryl methyl sites for hydroxylation is 1. The molecular weight excluding hydrogens is 326 g/mol. The topological polar surface area (TPSA) is 20.3 Å². The molecule has 0 saturated heterocycles. The van der Waals surface area contributed by atoms with Crippen LogP contribution in [0.5, 0.6) is 0 Å². The van der Waals surface area contributed by atoms with Gasteiger partial charge in [-0.05, 0) is 48.2 Å². The van der Waals surface area contributed by atoms with Gasteiger partial charge in [0.05, 0.1) is 6.54 Å². The summed E-state index contributed by atoms with van der Waals surface area (Å²) in [7, 11) is 0. The highest BCUT2D eigenvalue weighted by Gasteiger charge is 2.20. The van der Waals surface area contributed by atoms with Crippen LogP contribution in [0.1, 0.15) is 20.8 Å². The van der Waals surface area contributed by atoms with Crippen molar-refractivity contribution in [2.24, 2.45) is 0 Å². The zero-order valence-electron chi connectivity index (χ0n) is 12.7. The van der Waals surface area contributed by atoms with Crippen molar-refractivity contribution >= 4 is 34.5 Å². The molecule has 0 aliphatic rings. The van der Waals surface area contributed by atoms with Gasteiger partial charge in [0, 0.05) is 21.2 Å². The van der Waals surface area contributed by atoms with Crippen molar-refractivity contribution < 1.29 is 4.79 Å². The van der Waals surface area contributed by atoms with Crippen LogP contribution in [-0.4, -0.2) is 5.91 Å². The van der Waals surface area contributed by atoms with Crippen molar-refractivity contribution in [2.45, 2.75) is 13.5 Å². The average Bonchev–Trinajstić information content (AvgIpc) is 3.05. The first-order chi connectivity index (χ1) is 11.1. The highest BCUT2D eigenvalue weighted by atomic mass is 35.5. The predicted octanol–water partition coefficient (Wildman–Crippen LogP) is 5.56. The molecule has 0 radical (unpaired) electrons. The van der Waals surface area contributed by atoms with E-state index in [4.69, 9.17) is 11.6 Å². The van der Waals surface area contributed by atoms with Crippen molar-refractivity contribution in [1.29, 1.82) is 0 Å². The summed E-state index contributed by atoms with van der Waals surface area (Å²) in [6, 6.07) is 19.1. The normalized spacial score (nSPS) is 10.5. The summed E-state index contributed by atoms with van der Waals surface area (Å²) in [5.74, 6) is -0.0150. The number of carbonyl (C=O) groups excluding carboxylic acids is 1. The van der Waals surface area contributed by atoms with Gasteiger partial charge in [0.2, 0.25) is 0 Å². The average molecular weight is 342 g/mol. The third kappa shape index (κ3) is 3.63. The molecule has 1 heterocycles. The second-order valence-corrected chi connectivity index (χ2v) is 6.73. The van der Waals surface area contributed by atoms with E-state index in [1.165, 1.54) is 0 Å². The molecule has 0 aliphatic carbocycles. The number of halogens is 1. The van der Waals surface area contributed by atoms with Gasteiger partial charge in [-0.1, -0.05) is 41.9 Å². The Morgan fingerprint density at radius 2 is 1.91 bits per heavy atom. The summed E-state index contributed by atoms with van der Waals surface area (Å²) in [5, 5.41) is 2.64. The molecule has 2 aromatic carbocycles. The Morgan fingerprint density at radius 3 is 2.61 bits per heavy atom. The minimum atomic E-state index is -0.0150. The monoisotopic (exact) mass is 341 g/mol. The molecular formula is C19H16ClNOS.